The molecule has 5 saturated carbocycles. The zero-order valence-electron chi connectivity index (χ0n) is 20.2. The normalized spacial score (nSPS) is 38.4. The fraction of sp³-hybridized carbons (Fsp3) is 0.714. The van der Waals surface area contributed by atoms with E-state index >= 15 is 4.39 Å². The second-order valence-corrected chi connectivity index (χ2v) is 12.2. The van der Waals surface area contributed by atoms with Crippen LogP contribution in [0.4, 0.5) is 8.78 Å². The van der Waals surface area contributed by atoms with Crippen molar-refractivity contribution in [3.8, 4) is 5.75 Å². The predicted molar refractivity (Wildman–Crippen MR) is 124 cm³/mol. The maximum absolute atomic E-state index is 15.3. The lowest BCUT2D eigenvalue weighted by molar-refractivity contribution is -0.121. The summed E-state index contributed by atoms with van der Waals surface area (Å²) in [4.78, 5) is 26.7. The lowest BCUT2D eigenvalue weighted by atomic mass is 9.50. The van der Waals surface area contributed by atoms with Crippen LogP contribution < -0.4 is 4.74 Å². The maximum Gasteiger partial charge on any atom is 0.257 e. The summed E-state index contributed by atoms with van der Waals surface area (Å²) in [6, 6.07) is 2.15. The molecule has 0 aromatic heterocycles. The third-order valence-electron chi connectivity index (χ3n) is 9.50. The zero-order chi connectivity index (χ0) is 23.8. The van der Waals surface area contributed by atoms with Crippen LogP contribution in [-0.4, -0.2) is 42.0 Å². The molecule has 5 aliphatic carbocycles. The van der Waals surface area contributed by atoms with E-state index in [1.54, 1.807) is 13.0 Å². The van der Waals surface area contributed by atoms with Crippen LogP contribution in [0.25, 0.3) is 0 Å². The van der Waals surface area contributed by atoms with Crippen molar-refractivity contribution in [2.45, 2.75) is 83.3 Å². The van der Waals surface area contributed by atoms with E-state index in [0.29, 0.717) is 12.4 Å². The minimum Gasteiger partial charge on any atom is -0.493 e. The molecule has 1 saturated heterocycles. The number of hydrogen-bond donors (Lipinski definition) is 0. The van der Waals surface area contributed by atoms with Gasteiger partial charge in [-0.05, 0) is 93.6 Å². The monoisotopic (exact) mass is 471 g/mol. The van der Waals surface area contributed by atoms with Gasteiger partial charge in [-0.2, -0.15) is 0 Å². The van der Waals surface area contributed by atoms with E-state index < -0.39 is 29.9 Å². The Morgan fingerprint density at radius 1 is 1.09 bits per heavy atom. The third-order valence-corrected chi connectivity index (χ3v) is 9.50. The van der Waals surface area contributed by atoms with Crippen LogP contribution in [0.1, 0.15) is 87.1 Å². The fourth-order valence-corrected chi connectivity index (χ4v) is 8.17. The number of Topliss-reactive ketones (excluding diaryl/α,β-unsaturated/α-hetero) is 1. The van der Waals surface area contributed by atoms with Crippen molar-refractivity contribution in [3.05, 3.63) is 29.1 Å². The number of rotatable bonds is 6. The topological polar surface area (TPSA) is 46.6 Å². The van der Waals surface area contributed by atoms with Crippen LogP contribution >= 0.6 is 0 Å². The molecule has 4 nitrogen and oxygen atoms in total. The second-order valence-electron chi connectivity index (χ2n) is 12.2. The van der Waals surface area contributed by atoms with Gasteiger partial charge in [0.2, 0.25) is 0 Å². The molecule has 1 aromatic rings. The molecular weight excluding hydrogens is 436 g/mol. The number of alkyl halides is 1. The smallest absolute Gasteiger partial charge is 0.257 e. The van der Waals surface area contributed by atoms with Crippen molar-refractivity contribution in [3.63, 3.8) is 0 Å². The third kappa shape index (κ3) is 3.76. The first kappa shape index (κ1) is 22.5. The number of carbonyl (C=O) groups is 2. The Morgan fingerprint density at radius 2 is 1.71 bits per heavy atom. The molecular formula is C28H35F2NO3. The van der Waals surface area contributed by atoms with Gasteiger partial charge in [-0.1, -0.05) is 6.92 Å². The van der Waals surface area contributed by atoms with E-state index in [9.17, 15) is 14.0 Å². The van der Waals surface area contributed by atoms with Crippen LogP contribution in [0.3, 0.4) is 0 Å². The number of benzene rings is 1. The summed E-state index contributed by atoms with van der Waals surface area (Å²) in [5, 5.41) is 0. The van der Waals surface area contributed by atoms with E-state index in [0.717, 1.165) is 36.2 Å². The number of nitrogens with zero attached hydrogens (tertiary/aromatic N) is 1. The molecule has 184 valence electrons. The molecule has 1 aliphatic heterocycles. The molecule has 0 spiro atoms. The fourth-order valence-electron chi connectivity index (χ4n) is 8.17. The van der Waals surface area contributed by atoms with Crippen molar-refractivity contribution in [2.24, 2.45) is 29.1 Å². The molecule has 1 aromatic carbocycles. The van der Waals surface area contributed by atoms with E-state index in [1.165, 1.54) is 56.4 Å². The lowest BCUT2D eigenvalue weighted by Crippen LogP contribution is -2.48. The van der Waals surface area contributed by atoms with E-state index in [-0.39, 0.29) is 29.2 Å². The van der Waals surface area contributed by atoms with Gasteiger partial charge in [0.1, 0.15) is 17.7 Å². The first-order valence-electron chi connectivity index (χ1n) is 13.1. The summed E-state index contributed by atoms with van der Waals surface area (Å²) in [7, 11) is 0. The molecule has 4 bridgehead atoms. The molecule has 1 heterocycles. The molecule has 1 unspecified atom stereocenters. The summed E-state index contributed by atoms with van der Waals surface area (Å²) < 4.78 is 36.1. The quantitative estimate of drug-likeness (QED) is 0.536. The van der Waals surface area contributed by atoms with Crippen molar-refractivity contribution in [1.29, 1.82) is 0 Å². The van der Waals surface area contributed by atoms with Crippen LogP contribution in [0.5, 0.6) is 5.75 Å². The number of ketones is 1. The van der Waals surface area contributed by atoms with Gasteiger partial charge in [-0.3, -0.25) is 9.59 Å². The molecule has 1 amide bonds. The van der Waals surface area contributed by atoms with Gasteiger partial charge in [0.05, 0.1) is 24.8 Å². The van der Waals surface area contributed by atoms with Gasteiger partial charge in [0, 0.05) is 17.4 Å². The SMILES string of the molecule is CC(=O)[C@@H]1C(C)[C@H](F)CN1C(=O)c1cc(C2CC2)c(OCC23CC4CC(CC(C4)C2)C3)cc1F. The molecule has 3 atom stereocenters. The Labute approximate surface area is 200 Å². The van der Waals surface area contributed by atoms with Crippen molar-refractivity contribution >= 4 is 11.7 Å². The standard InChI is InChI=1S/C28H35F2NO3/c1-15-24(30)13-31(26(15)16(2)32)27(33)22-8-21(20-3-4-20)25(9-23(22)29)34-14-28-10-17-5-18(11-28)7-19(6-17)12-28/h8-9,15,17-20,24,26H,3-7,10-14H2,1-2H3/t15?,17?,18?,19?,24-,26+,28?/m1/s1. The van der Waals surface area contributed by atoms with Gasteiger partial charge >= 0.3 is 0 Å². The first-order valence-corrected chi connectivity index (χ1v) is 13.1. The van der Waals surface area contributed by atoms with Gasteiger partial charge < -0.3 is 9.64 Å². The van der Waals surface area contributed by atoms with Crippen molar-refractivity contribution in [2.75, 3.05) is 13.2 Å². The number of ether oxygens (including phenoxy) is 1. The largest absolute Gasteiger partial charge is 0.493 e. The Kier molecular flexibility index (Phi) is 5.31. The van der Waals surface area contributed by atoms with Crippen molar-refractivity contribution < 1.29 is 23.1 Å². The molecule has 34 heavy (non-hydrogen) atoms. The summed E-state index contributed by atoms with van der Waals surface area (Å²) in [6.45, 7) is 3.46. The van der Waals surface area contributed by atoms with Crippen molar-refractivity contribution in [1.82, 2.24) is 4.90 Å². The van der Waals surface area contributed by atoms with Crippen LogP contribution in [0.15, 0.2) is 12.1 Å². The first-order chi connectivity index (χ1) is 16.2. The maximum atomic E-state index is 15.3. The molecule has 0 N–H and O–H groups in total. The Balaban J connectivity index is 1.25. The van der Waals surface area contributed by atoms with Crippen LogP contribution in [0.2, 0.25) is 0 Å². The lowest BCUT2D eigenvalue weighted by Gasteiger charge is -2.56. The molecule has 6 aliphatic rings. The van der Waals surface area contributed by atoms with Gasteiger partial charge in [0.15, 0.2) is 5.78 Å². The molecule has 6 heteroatoms. The number of amides is 1. The summed E-state index contributed by atoms with van der Waals surface area (Å²) >= 11 is 0. The van der Waals surface area contributed by atoms with Crippen LogP contribution in [-0.2, 0) is 4.79 Å². The Bertz CT molecular complexity index is 984. The van der Waals surface area contributed by atoms with E-state index in [4.69, 9.17) is 4.74 Å². The summed E-state index contributed by atoms with van der Waals surface area (Å²) in [6.07, 6.45) is 8.48. The highest BCUT2D eigenvalue weighted by molar-refractivity contribution is 5.98. The minimum atomic E-state index is -1.29. The van der Waals surface area contributed by atoms with E-state index in [1.807, 2.05) is 0 Å². The minimum absolute atomic E-state index is 0.0726. The summed E-state index contributed by atoms with van der Waals surface area (Å²) in [5.74, 6) is 1.21. The number of hydrogen-bond acceptors (Lipinski definition) is 3. The predicted octanol–water partition coefficient (Wildman–Crippen LogP) is 5.69. The van der Waals surface area contributed by atoms with Gasteiger partial charge in [-0.25, -0.2) is 8.78 Å². The van der Waals surface area contributed by atoms with Gasteiger partial charge in [0.25, 0.3) is 5.91 Å². The Morgan fingerprint density at radius 3 is 2.26 bits per heavy atom. The van der Waals surface area contributed by atoms with E-state index in [2.05, 4.69) is 0 Å². The highest BCUT2D eigenvalue weighted by Gasteiger charge is 2.51. The highest BCUT2D eigenvalue weighted by atomic mass is 19.1. The molecule has 0 radical (unpaired) electrons. The highest BCUT2D eigenvalue weighted by Crippen LogP contribution is 2.60. The number of halogens is 2. The summed E-state index contributed by atoms with van der Waals surface area (Å²) in [5.41, 5.74) is 1.03. The molecule has 6 fully saturated rings. The average Bonchev–Trinajstić information content (AvgIpc) is 3.56. The number of likely N-dealkylation sites (tertiary alicyclic amines) is 1. The second kappa shape index (κ2) is 8.03. The van der Waals surface area contributed by atoms with Crippen LogP contribution in [0, 0.1) is 34.9 Å². The number of carbonyl (C=O) groups excluding carboxylic acids is 2. The molecule has 7 rings (SSSR count). The Hall–Kier alpha value is -1.98. The average molecular weight is 472 g/mol. The van der Waals surface area contributed by atoms with Gasteiger partial charge in [-0.15, -0.1) is 0 Å². The zero-order valence-corrected chi connectivity index (χ0v) is 20.2.